The van der Waals surface area contributed by atoms with Gasteiger partial charge in [0, 0.05) is 6.07 Å². The van der Waals surface area contributed by atoms with Crippen LogP contribution in [-0.2, 0) is 20.8 Å². The van der Waals surface area contributed by atoms with E-state index in [9.17, 15) is 12.8 Å². The molecule has 8 nitrogen and oxygen atoms in total. The highest BCUT2D eigenvalue weighted by molar-refractivity contribution is 7.86. The zero-order valence-electron chi connectivity index (χ0n) is 17.4. The molecule has 4 aromatic rings. The molecule has 2 unspecified atom stereocenters. The van der Waals surface area contributed by atoms with E-state index in [-0.39, 0.29) is 12.1 Å². The summed E-state index contributed by atoms with van der Waals surface area (Å²) in [6, 6.07) is 7.30. The molecule has 1 aromatic carbocycles. The lowest BCUT2D eigenvalue weighted by molar-refractivity contribution is 0.149. The van der Waals surface area contributed by atoms with Gasteiger partial charge in [0.25, 0.3) is 10.1 Å². The van der Waals surface area contributed by atoms with Gasteiger partial charge in [-0.25, -0.2) is 19.3 Å². The summed E-state index contributed by atoms with van der Waals surface area (Å²) < 4.78 is 44.8. The van der Waals surface area contributed by atoms with Gasteiger partial charge >= 0.3 is 0 Å². The van der Waals surface area contributed by atoms with E-state index in [1.807, 2.05) is 16.7 Å². The summed E-state index contributed by atoms with van der Waals surface area (Å²) in [6.07, 6.45) is 7.07. The number of imidazole rings is 1. The van der Waals surface area contributed by atoms with Gasteiger partial charge in [-0.15, -0.1) is 0 Å². The Balaban J connectivity index is 1.35. The van der Waals surface area contributed by atoms with Gasteiger partial charge in [-0.1, -0.05) is 30.2 Å². The Morgan fingerprint density at radius 1 is 1.22 bits per heavy atom. The van der Waals surface area contributed by atoms with Crippen LogP contribution in [0.5, 0.6) is 0 Å². The minimum Gasteiger partial charge on any atom is -0.356 e. The van der Waals surface area contributed by atoms with E-state index < -0.39 is 15.9 Å². The lowest BCUT2D eigenvalue weighted by atomic mass is 9.93. The quantitative estimate of drug-likeness (QED) is 0.422. The van der Waals surface area contributed by atoms with Gasteiger partial charge in [-0.3, -0.25) is 4.18 Å². The Bertz CT molecular complexity index is 1380. The number of nitrogens with one attached hydrogen (secondary N) is 1. The van der Waals surface area contributed by atoms with Gasteiger partial charge in [-0.2, -0.15) is 8.42 Å². The van der Waals surface area contributed by atoms with E-state index in [1.165, 1.54) is 23.6 Å². The van der Waals surface area contributed by atoms with Crippen LogP contribution in [-0.4, -0.2) is 46.3 Å². The molecular weight excluding hydrogens is 453 g/mol. The second-order valence-corrected chi connectivity index (χ2v) is 10.7. The molecule has 1 aliphatic carbocycles. The Hall–Kier alpha value is -2.63. The van der Waals surface area contributed by atoms with Crippen molar-refractivity contribution in [1.82, 2.24) is 19.5 Å². The Morgan fingerprint density at radius 2 is 2.06 bits per heavy atom. The summed E-state index contributed by atoms with van der Waals surface area (Å²) in [5.41, 5.74) is 3.07. The topological polar surface area (TPSA) is 99.0 Å². The largest absolute Gasteiger partial charge is 0.356 e. The van der Waals surface area contributed by atoms with Crippen LogP contribution in [0.2, 0.25) is 0 Å². The predicted molar refractivity (Wildman–Crippen MR) is 122 cm³/mol. The summed E-state index contributed by atoms with van der Waals surface area (Å²) in [6.45, 7) is 0.554. The number of fused-ring (bicyclic) bond motifs is 2. The summed E-state index contributed by atoms with van der Waals surface area (Å²) in [5.74, 6) is -0.406. The van der Waals surface area contributed by atoms with Crippen LogP contribution in [0.3, 0.4) is 0 Å². The highest BCUT2D eigenvalue weighted by atomic mass is 32.2. The molecule has 11 heteroatoms. The average molecular weight is 476 g/mol. The molecule has 0 spiro atoms. The molecule has 0 aliphatic heterocycles. The molecule has 5 rings (SSSR count). The van der Waals surface area contributed by atoms with Crippen molar-refractivity contribution in [2.45, 2.75) is 44.4 Å². The molecule has 3 aromatic heterocycles. The summed E-state index contributed by atoms with van der Waals surface area (Å²) in [5, 5.41) is 4.14. The molecule has 1 aliphatic rings. The van der Waals surface area contributed by atoms with Crippen LogP contribution in [0, 0.1) is 5.82 Å². The molecule has 0 bridgehead atoms. The lowest BCUT2D eigenvalue weighted by Gasteiger charge is -2.30. The van der Waals surface area contributed by atoms with E-state index in [0.717, 1.165) is 46.4 Å². The highest BCUT2D eigenvalue weighted by Crippen LogP contribution is 2.31. The molecule has 0 saturated heterocycles. The minimum atomic E-state index is -3.51. The fourth-order valence-electron chi connectivity index (χ4n) is 4.13. The van der Waals surface area contributed by atoms with E-state index in [2.05, 4.69) is 26.3 Å². The van der Waals surface area contributed by atoms with Crippen molar-refractivity contribution in [3.63, 3.8) is 0 Å². The van der Waals surface area contributed by atoms with Crippen molar-refractivity contribution in [3.8, 4) is 0 Å². The van der Waals surface area contributed by atoms with Crippen molar-refractivity contribution >= 4 is 48.0 Å². The third kappa shape index (κ3) is 4.59. The first-order valence-corrected chi connectivity index (χ1v) is 13.0. The SMILES string of the molecule is CS(=O)(=O)OC1CCCCC1Nc1nc2ccc(Cn3cnc4cc(F)cnc43)cc2s1. The number of thiazole rings is 1. The molecule has 0 amide bonds. The maximum Gasteiger partial charge on any atom is 0.264 e. The molecule has 2 atom stereocenters. The first kappa shape index (κ1) is 21.2. The third-order valence-corrected chi connectivity index (χ3v) is 7.08. The minimum absolute atomic E-state index is 0.0951. The monoisotopic (exact) mass is 475 g/mol. The van der Waals surface area contributed by atoms with E-state index >= 15 is 0 Å². The summed E-state index contributed by atoms with van der Waals surface area (Å²) in [7, 11) is -3.51. The second-order valence-electron chi connectivity index (χ2n) is 8.06. The molecule has 32 heavy (non-hydrogen) atoms. The average Bonchev–Trinajstić information content (AvgIpc) is 3.31. The van der Waals surface area contributed by atoms with Crippen molar-refractivity contribution < 1.29 is 17.0 Å². The number of hydrogen-bond donors (Lipinski definition) is 1. The Labute approximate surface area is 188 Å². The van der Waals surface area contributed by atoms with E-state index in [1.54, 1.807) is 6.33 Å². The third-order valence-electron chi connectivity index (χ3n) is 5.54. The standard InChI is InChI=1S/C21H22FN5O3S2/c1-32(28,29)30-18-5-3-2-4-15(18)25-21-26-16-7-6-13(8-19(16)31-21)11-27-12-24-17-9-14(22)10-23-20(17)27/h6-10,12,15,18H,2-5,11H2,1H3,(H,25,26). The lowest BCUT2D eigenvalue weighted by Crippen LogP contribution is -2.39. The fraction of sp³-hybridized carbons (Fsp3) is 0.381. The molecule has 3 heterocycles. The van der Waals surface area contributed by atoms with Gasteiger partial charge in [0.2, 0.25) is 0 Å². The Kier molecular flexibility index (Phi) is 5.56. The second kappa shape index (κ2) is 8.38. The number of nitrogens with zero attached hydrogens (tertiary/aromatic N) is 4. The summed E-state index contributed by atoms with van der Waals surface area (Å²) >= 11 is 1.53. The van der Waals surface area contributed by atoms with Crippen molar-refractivity contribution in [1.29, 1.82) is 0 Å². The number of rotatable bonds is 6. The van der Waals surface area contributed by atoms with Crippen molar-refractivity contribution in [2.24, 2.45) is 0 Å². The van der Waals surface area contributed by atoms with E-state index in [0.29, 0.717) is 24.1 Å². The zero-order chi connectivity index (χ0) is 22.3. The molecular formula is C21H22FN5O3S2. The van der Waals surface area contributed by atoms with Gasteiger partial charge in [0.15, 0.2) is 10.8 Å². The van der Waals surface area contributed by atoms with Crippen LogP contribution >= 0.6 is 11.3 Å². The fourth-order valence-corrected chi connectivity index (χ4v) is 5.80. The first-order valence-electron chi connectivity index (χ1n) is 10.3. The molecule has 1 saturated carbocycles. The maximum absolute atomic E-state index is 13.4. The van der Waals surface area contributed by atoms with Crippen LogP contribution in [0.25, 0.3) is 21.4 Å². The van der Waals surface area contributed by atoms with Crippen LogP contribution in [0.15, 0.2) is 36.8 Å². The number of aromatic nitrogens is 4. The normalized spacial score (nSPS) is 19.6. The Morgan fingerprint density at radius 3 is 2.91 bits per heavy atom. The molecule has 168 valence electrons. The van der Waals surface area contributed by atoms with Gasteiger partial charge < -0.3 is 9.88 Å². The first-order chi connectivity index (χ1) is 15.3. The van der Waals surface area contributed by atoms with Crippen LogP contribution in [0.1, 0.15) is 31.2 Å². The number of anilines is 1. The number of benzene rings is 1. The van der Waals surface area contributed by atoms with Crippen LogP contribution in [0.4, 0.5) is 9.52 Å². The predicted octanol–water partition coefficient (Wildman–Crippen LogP) is 3.93. The number of hydrogen-bond acceptors (Lipinski definition) is 8. The van der Waals surface area contributed by atoms with Gasteiger partial charge in [0.1, 0.15) is 11.3 Å². The van der Waals surface area contributed by atoms with Crippen molar-refractivity contribution in [2.75, 3.05) is 11.6 Å². The van der Waals surface area contributed by atoms with Gasteiger partial charge in [-0.05, 0) is 30.5 Å². The van der Waals surface area contributed by atoms with Crippen LogP contribution < -0.4 is 5.32 Å². The highest BCUT2D eigenvalue weighted by Gasteiger charge is 2.29. The van der Waals surface area contributed by atoms with Crippen molar-refractivity contribution in [3.05, 3.63) is 48.2 Å². The smallest absolute Gasteiger partial charge is 0.264 e. The number of pyridine rings is 1. The molecule has 0 radical (unpaired) electrons. The maximum atomic E-state index is 13.4. The summed E-state index contributed by atoms with van der Waals surface area (Å²) in [4.78, 5) is 13.0. The van der Waals surface area contributed by atoms with E-state index in [4.69, 9.17) is 4.18 Å². The molecule has 1 N–H and O–H groups in total. The van der Waals surface area contributed by atoms with Gasteiger partial charge in [0.05, 0.1) is 47.7 Å². The molecule has 1 fully saturated rings. The zero-order valence-corrected chi connectivity index (χ0v) is 19.0. The number of halogens is 1.